The summed E-state index contributed by atoms with van der Waals surface area (Å²) in [5.41, 5.74) is 0.766. The lowest BCUT2D eigenvalue weighted by Crippen LogP contribution is -2.41. The fourth-order valence-corrected chi connectivity index (χ4v) is 2.97. The molecule has 0 aliphatic carbocycles. The van der Waals surface area contributed by atoms with Crippen molar-refractivity contribution >= 4 is 24.8 Å². The van der Waals surface area contributed by atoms with Gasteiger partial charge in [0.1, 0.15) is 17.9 Å². The van der Waals surface area contributed by atoms with Gasteiger partial charge in [0.15, 0.2) is 0 Å². The predicted octanol–water partition coefficient (Wildman–Crippen LogP) is 2.96. The molecule has 1 aromatic rings. The first kappa shape index (κ1) is 23.6. The van der Waals surface area contributed by atoms with E-state index < -0.39 is 30.0 Å². The monoisotopic (exact) mass is 403 g/mol. The summed E-state index contributed by atoms with van der Waals surface area (Å²) in [4.78, 5) is 25.9. The van der Waals surface area contributed by atoms with Crippen molar-refractivity contribution in [2.24, 2.45) is 0 Å². The Morgan fingerprint density at radius 3 is 2.24 bits per heavy atom. The molecule has 29 heavy (non-hydrogen) atoms. The standard InChI is InChI=1S/C22H34BNO5/c1-15(19(26)27-20(2,3)4)24(9)13-16-10-11-18(12-17(16)14-25)23-28-21(5,6)22(7,8)29-23/h10-12,14-15H,13H2,1-9H3. The molecule has 7 heteroatoms. The van der Waals surface area contributed by atoms with Crippen LogP contribution in [0.2, 0.25) is 0 Å². The van der Waals surface area contributed by atoms with Gasteiger partial charge in [0.25, 0.3) is 0 Å². The molecule has 1 aliphatic rings. The van der Waals surface area contributed by atoms with E-state index in [1.165, 1.54) is 0 Å². The summed E-state index contributed by atoms with van der Waals surface area (Å²) >= 11 is 0. The minimum Gasteiger partial charge on any atom is -0.459 e. The maximum atomic E-state index is 12.3. The molecule has 1 aliphatic heterocycles. The number of benzene rings is 1. The highest BCUT2D eigenvalue weighted by Gasteiger charge is 2.51. The van der Waals surface area contributed by atoms with Gasteiger partial charge in [-0.2, -0.15) is 0 Å². The maximum Gasteiger partial charge on any atom is 0.494 e. The van der Waals surface area contributed by atoms with Crippen LogP contribution in [0.25, 0.3) is 0 Å². The van der Waals surface area contributed by atoms with Crippen LogP contribution in [-0.4, -0.2) is 54.2 Å². The van der Waals surface area contributed by atoms with Gasteiger partial charge in [-0.05, 0) is 73.5 Å². The molecule has 0 bridgehead atoms. The zero-order valence-electron chi connectivity index (χ0n) is 19.2. The summed E-state index contributed by atoms with van der Waals surface area (Å²) in [6.45, 7) is 15.8. The normalized spacial score (nSPS) is 19.3. The summed E-state index contributed by atoms with van der Waals surface area (Å²) in [6.07, 6.45) is 0.829. The van der Waals surface area contributed by atoms with Crippen LogP contribution >= 0.6 is 0 Å². The molecule has 0 aromatic heterocycles. The van der Waals surface area contributed by atoms with E-state index in [1.807, 2.05) is 72.5 Å². The number of ether oxygens (including phenoxy) is 1. The molecule has 0 saturated carbocycles. The van der Waals surface area contributed by atoms with Gasteiger partial charge in [-0.15, -0.1) is 0 Å². The van der Waals surface area contributed by atoms with Gasteiger partial charge in [-0.1, -0.05) is 18.2 Å². The van der Waals surface area contributed by atoms with E-state index in [0.717, 1.165) is 17.3 Å². The van der Waals surface area contributed by atoms with E-state index in [9.17, 15) is 9.59 Å². The Labute approximate surface area is 175 Å². The number of esters is 1. The van der Waals surface area contributed by atoms with Gasteiger partial charge < -0.3 is 14.0 Å². The minimum absolute atomic E-state index is 0.290. The lowest BCUT2D eigenvalue weighted by Gasteiger charge is -2.32. The van der Waals surface area contributed by atoms with Crippen LogP contribution in [0.3, 0.4) is 0 Å². The smallest absolute Gasteiger partial charge is 0.459 e. The Morgan fingerprint density at radius 2 is 1.76 bits per heavy atom. The number of carbonyl (C=O) groups is 2. The van der Waals surface area contributed by atoms with Crippen molar-refractivity contribution < 1.29 is 23.6 Å². The van der Waals surface area contributed by atoms with Gasteiger partial charge in [-0.25, -0.2) is 0 Å². The molecule has 1 unspecified atom stereocenters. The van der Waals surface area contributed by atoms with Crippen LogP contribution < -0.4 is 5.46 Å². The van der Waals surface area contributed by atoms with Crippen LogP contribution in [0.15, 0.2) is 18.2 Å². The van der Waals surface area contributed by atoms with Crippen molar-refractivity contribution in [2.75, 3.05) is 7.05 Å². The molecule has 1 fully saturated rings. The number of rotatable bonds is 6. The number of nitrogens with zero attached hydrogens (tertiary/aromatic N) is 1. The Hall–Kier alpha value is -1.70. The number of likely N-dealkylation sites (N-methyl/N-ethyl adjacent to an activating group) is 1. The zero-order chi connectivity index (χ0) is 22.2. The largest absolute Gasteiger partial charge is 0.494 e. The van der Waals surface area contributed by atoms with Gasteiger partial charge >= 0.3 is 13.1 Å². The highest BCUT2D eigenvalue weighted by Crippen LogP contribution is 2.36. The van der Waals surface area contributed by atoms with Crippen molar-refractivity contribution in [1.82, 2.24) is 4.90 Å². The van der Waals surface area contributed by atoms with Gasteiger partial charge in [0, 0.05) is 12.1 Å². The second kappa shape index (κ2) is 8.21. The van der Waals surface area contributed by atoms with E-state index in [0.29, 0.717) is 12.1 Å². The number of hydrogen-bond acceptors (Lipinski definition) is 6. The Morgan fingerprint density at radius 1 is 1.21 bits per heavy atom. The minimum atomic E-state index is -0.537. The zero-order valence-corrected chi connectivity index (χ0v) is 19.2. The third-order valence-corrected chi connectivity index (χ3v) is 5.65. The quantitative estimate of drug-likeness (QED) is 0.414. The molecule has 0 radical (unpaired) electrons. The Balaban J connectivity index is 2.15. The van der Waals surface area contributed by atoms with Crippen molar-refractivity contribution in [3.63, 3.8) is 0 Å². The van der Waals surface area contributed by atoms with E-state index in [4.69, 9.17) is 14.0 Å². The van der Waals surface area contributed by atoms with Gasteiger partial charge in [-0.3, -0.25) is 14.5 Å². The average Bonchev–Trinajstić information content (AvgIpc) is 2.80. The summed E-state index contributed by atoms with van der Waals surface area (Å²) in [6, 6.07) is 5.17. The third-order valence-electron chi connectivity index (χ3n) is 5.65. The first-order chi connectivity index (χ1) is 13.2. The number of aldehydes is 1. The number of hydrogen-bond donors (Lipinski definition) is 0. The van der Waals surface area contributed by atoms with Crippen molar-refractivity contribution in [3.05, 3.63) is 29.3 Å². The topological polar surface area (TPSA) is 65.1 Å². The Kier molecular flexibility index (Phi) is 6.67. The molecule has 2 rings (SSSR count). The molecule has 1 atom stereocenters. The lowest BCUT2D eigenvalue weighted by atomic mass is 9.77. The average molecular weight is 403 g/mol. The molecule has 6 nitrogen and oxygen atoms in total. The number of carbonyl (C=O) groups excluding carboxylic acids is 2. The summed E-state index contributed by atoms with van der Waals surface area (Å²) in [7, 11) is 1.32. The molecule has 160 valence electrons. The molecule has 1 saturated heterocycles. The molecule has 1 heterocycles. The first-order valence-corrected chi connectivity index (χ1v) is 10.0. The van der Waals surface area contributed by atoms with E-state index in [2.05, 4.69) is 0 Å². The summed E-state index contributed by atoms with van der Waals surface area (Å²) < 4.78 is 17.6. The predicted molar refractivity (Wildman–Crippen MR) is 114 cm³/mol. The fourth-order valence-electron chi connectivity index (χ4n) is 2.97. The fraction of sp³-hybridized carbons (Fsp3) is 0.636. The summed E-state index contributed by atoms with van der Waals surface area (Å²) in [5.74, 6) is -0.290. The molecular weight excluding hydrogens is 369 g/mol. The van der Waals surface area contributed by atoms with Crippen LogP contribution in [0.1, 0.15) is 71.3 Å². The Bertz CT molecular complexity index is 753. The van der Waals surface area contributed by atoms with Crippen LogP contribution in [0, 0.1) is 0 Å². The van der Waals surface area contributed by atoms with Gasteiger partial charge in [0.2, 0.25) is 0 Å². The van der Waals surface area contributed by atoms with Crippen LogP contribution in [-0.2, 0) is 25.4 Å². The first-order valence-electron chi connectivity index (χ1n) is 10.0. The highest BCUT2D eigenvalue weighted by atomic mass is 16.7. The molecule has 1 aromatic carbocycles. The van der Waals surface area contributed by atoms with E-state index >= 15 is 0 Å². The van der Waals surface area contributed by atoms with E-state index in [-0.39, 0.29) is 5.97 Å². The van der Waals surface area contributed by atoms with Gasteiger partial charge in [0.05, 0.1) is 11.2 Å². The van der Waals surface area contributed by atoms with Crippen LogP contribution in [0.5, 0.6) is 0 Å². The molecular formula is C22H34BNO5. The lowest BCUT2D eigenvalue weighted by molar-refractivity contribution is -0.160. The highest BCUT2D eigenvalue weighted by molar-refractivity contribution is 6.62. The van der Waals surface area contributed by atoms with Crippen molar-refractivity contribution in [2.45, 2.75) is 84.8 Å². The van der Waals surface area contributed by atoms with Crippen molar-refractivity contribution in [3.8, 4) is 0 Å². The maximum absolute atomic E-state index is 12.3. The second-order valence-corrected chi connectivity index (χ2v) is 9.79. The second-order valence-electron chi connectivity index (χ2n) is 9.79. The van der Waals surface area contributed by atoms with Crippen LogP contribution in [0.4, 0.5) is 0 Å². The SMILES string of the molecule is CC(C(=O)OC(C)(C)C)N(C)Cc1ccc(B2OC(C)(C)C(C)(C)O2)cc1C=O. The summed E-state index contributed by atoms with van der Waals surface area (Å²) in [5, 5.41) is 0. The molecule has 0 amide bonds. The van der Waals surface area contributed by atoms with E-state index in [1.54, 1.807) is 13.0 Å². The third kappa shape index (κ3) is 5.47. The molecule has 0 spiro atoms. The molecule has 0 N–H and O–H groups in total. The van der Waals surface area contributed by atoms with Crippen molar-refractivity contribution in [1.29, 1.82) is 0 Å².